The van der Waals surface area contributed by atoms with Crippen LogP contribution in [0.5, 0.6) is 0 Å². The second kappa shape index (κ2) is 4.17. The van der Waals surface area contributed by atoms with Crippen LogP contribution in [0.15, 0.2) is 24.4 Å². The number of imidazole rings is 1. The molecule has 0 saturated heterocycles. The Morgan fingerprint density at radius 1 is 1.41 bits per heavy atom. The Hall–Kier alpha value is -1.32. The molecule has 2 heterocycles. The summed E-state index contributed by atoms with van der Waals surface area (Å²) in [6.07, 6.45) is 3.79. The van der Waals surface area contributed by atoms with Crippen LogP contribution in [0, 0.1) is 0 Å². The first kappa shape index (κ1) is 10.8. The zero-order valence-corrected chi connectivity index (χ0v) is 10.2. The molecule has 0 atom stereocenters. The van der Waals surface area contributed by atoms with Gasteiger partial charge in [0.05, 0.1) is 11.9 Å². The number of aromatic nitrogens is 2. The molecule has 17 heavy (non-hydrogen) atoms. The average Bonchev–Trinajstić information content (AvgIpc) is 2.73. The molecule has 1 aromatic heterocycles. The molecule has 3 rings (SSSR count). The highest BCUT2D eigenvalue weighted by Crippen LogP contribution is 2.31. The minimum Gasteiger partial charge on any atom is -0.330 e. The Morgan fingerprint density at radius 2 is 2.29 bits per heavy atom. The number of rotatable bonds is 2. The van der Waals surface area contributed by atoms with Crippen LogP contribution in [0.25, 0.3) is 11.3 Å². The minimum atomic E-state index is 0.643. The fraction of sp³-hybridized carbons (Fsp3) is 0.308. The van der Waals surface area contributed by atoms with Gasteiger partial charge in [-0.15, -0.1) is 0 Å². The summed E-state index contributed by atoms with van der Waals surface area (Å²) in [5, 5.41) is 0.805. The van der Waals surface area contributed by atoms with E-state index in [-0.39, 0.29) is 0 Å². The van der Waals surface area contributed by atoms with E-state index in [0.717, 1.165) is 30.2 Å². The number of halogens is 1. The summed E-state index contributed by atoms with van der Waals surface area (Å²) in [6.45, 7) is 1.61. The third-order valence-corrected chi connectivity index (χ3v) is 3.49. The first-order chi connectivity index (χ1) is 8.29. The number of benzene rings is 1. The van der Waals surface area contributed by atoms with Crippen molar-refractivity contribution in [1.82, 2.24) is 9.55 Å². The third kappa shape index (κ3) is 1.75. The van der Waals surface area contributed by atoms with Crippen molar-refractivity contribution in [3.63, 3.8) is 0 Å². The van der Waals surface area contributed by atoms with Gasteiger partial charge in [-0.05, 0) is 30.7 Å². The van der Waals surface area contributed by atoms with Crippen LogP contribution in [-0.2, 0) is 19.4 Å². The van der Waals surface area contributed by atoms with Gasteiger partial charge >= 0.3 is 0 Å². The van der Waals surface area contributed by atoms with Crippen molar-refractivity contribution >= 4 is 11.6 Å². The number of fused-ring (bicyclic) bond motifs is 3. The standard InChI is InChI=1S/C13H14ClN3/c14-10-1-2-11-9(7-10)4-6-17-12(11)8-16-13(17)3-5-15/h1-2,7-8H,3-6,15H2. The maximum atomic E-state index is 6.02. The Morgan fingerprint density at radius 3 is 3.12 bits per heavy atom. The van der Waals surface area contributed by atoms with Gasteiger partial charge in [0.1, 0.15) is 5.82 Å². The lowest BCUT2D eigenvalue weighted by Crippen LogP contribution is -2.15. The molecule has 4 heteroatoms. The highest BCUT2D eigenvalue weighted by atomic mass is 35.5. The molecule has 2 N–H and O–H groups in total. The van der Waals surface area contributed by atoms with Crippen molar-refractivity contribution in [2.75, 3.05) is 6.54 Å². The van der Waals surface area contributed by atoms with Crippen LogP contribution in [0.1, 0.15) is 11.4 Å². The number of hydrogen-bond donors (Lipinski definition) is 1. The monoisotopic (exact) mass is 247 g/mol. The van der Waals surface area contributed by atoms with E-state index in [9.17, 15) is 0 Å². The predicted molar refractivity (Wildman–Crippen MR) is 69.1 cm³/mol. The lowest BCUT2D eigenvalue weighted by molar-refractivity contribution is 0.640. The molecule has 1 aliphatic rings. The molecule has 2 aromatic rings. The van der Waals surface area contributed by atoms with Crippen LogP contribution in [0.3, 0.4) is 0 Å². The molecule has 88 valence electrons. The zero-order chi connectivity index (χ0) is 11.8. The molecule has 0 radical (unpaired) electrons. The van der Waals surface area contributed by atoms with Crippen molar-refractivity contribution in [3.05, 3.63) is 40.8 Å². The fourth-order valence-corrected chi connectivity index (χ4v) is 2.65. The number of hydrogen-bond acceptors (Lipinski definition) is 2. The molecule has 0 fully saturated rings. The highest BCUT2D eigenvalue weighted by Gasteiger charge is 2.18. The Kier molecular flexibility index (Phi) is 2.65. The van der Waals surface area contributed by atoms with E-state index in [1.54, 1.807) is 0 Å². The Balaban J connectivity index is 2.11. The lowest BCUT2D eigenvalue weighted by Gasteiger charge is -2.20. The van der Waals surface area contributed by atoms with Crippen molar-refractivity contribution in [2.45, 2.75) is 19.4 Å². The molecule has 0 saturated carbocycles. The number of nitrogens with two attached hydrogens (primary N) is 1. The van der Waals surface area contributed by atoms with Gasteiger partial charge in [-0.2, -0.15) is 0 Å². The van der Waals surface area contributed by atoms with Gasteiger partial charge in [0.15, 0.2) is 0 Å². The maximum absolute atomic E-state index is 6.02. The van der Waals surface area contributed by atoms with E-state index in [1.165, 1.54) is 16.8 Å². The molecule has 0 spiro atoms. The molecule has 0 bridgehead atoms. The summed E-state index contributed by atoms with van der Waals surface area (Å²) in [7, 11) is 0. The van der Waals surface area contributed by atoms with E-state index in [4.69, 9.17) is 17.3 Å². The van der Waals surface area contributed by atoms with Gasteiger partial charge < -0.3 is 10.3 Å². The van der Waals surface area contributed by atoms with Gasteiger partial charge in [-0.25, -0.2) is 4.98 Å². The fourth-order valence-electron chi connectivity index (χ4n) is 2.46. The Bertz CT molecular complexity index is 560. The topological polar surface area (TPSA) is 43.8 Å². The van der Waals surface area contributed by atoms with E-state index in [2.05, 4.69) is 21.7 Å². The second-order valence-electron chi connectivity index (χ2n) is 4.30. The normalized spacial score (nSPS) is 13.3. The zero-order valence-electron chi connectivity index (χ0n) is 9.49. The molecule has 0 amide bonds. The Labute approximate surface area is 105 Å². The van der Waals surface area contributed by atoms with Crippen LogP contribution in [0.4, 0.5) is 0 Å². The van der Waals surface area contributed by atoms with Gasteiger partial charge in [0.25, 0.3) is 0 Å². The lowest BCUT2D eigenvalue weighted by atomic mass is 9.99. The van der Waals surface area contributed by atoms with Gasteiger partial charge in [-0.1, -0.05) is 17.7 Å². The minimum absolute atomic E-state index is 0.643. The first-order valence-electron chi connectivity index (χ1n) is 5.83. The van der Waals surface area contributed by atoms with Crippen molar-refractivity contribution < 1.29 is 0 Å². The van der Waals surface area contributed by atoms with Gasteiger partial charge in [0.2, 0.25) is 0 Å². The van der Waals surface area contributed by atoms with E-state index < -0.39 is 0 Å². The summed E-state index contributed by atoms with van der Waals surface area (Å²) >= 11 is 6.02. The van der Waals surface area contributed by atoms with Crippen molar-refractivity contribution in [3.8, 4) is 11.3 Å². The smallest absolute Gasteiger partial charge is 0.110 e. The third-order valence-electron chi connectivity index (χ3n) is 3.25. The van der Waals surface area contributed by atoms with Crippen LogP contribution < -0.4 is 5.73 Å². The first-order valence-corrected chi connectivity index (χ1v) is 6.20. The molecule has 1 aliphatic heterocycles. The van der Waals surface area contributed by atoms with E-state index in [1.807, 2.05) is 12.3 Å². The summed E-state index contributed by atoms with van der Waals surface area (Å²) in [6, 6.07) is 6.07. The van der Waals surface area contributed by atoms with Crippen molar-refractivity contribution in [2.24, 2.45) is 5.73 Å². The molecular formula is C13H14ClN3. The summed E-state index contributed by atoms with van der Waals surface area (Å²) in [5.41, 5.74) is 9.34. The van der Waals surface area contributed by atoms with Gasteiger partial charge in [-0.3, -0.25) is 0 Å². The molecule has 0 aliphatic carbocycles. The average molecular weight is 248 g/mol. The predicted octanol–water partition coefficient (Wildman–Crippen LogP) is 2.26. The van der Waals surface area contributed by atoms with Crippen molar-refractivity contribution in [1.29, 1.82) is 0 Å². The van der Waals surface area contributed by atoms with E-state index >= 15 is 0 Å². The SMILES string of the molecule is NCCc1ncc2n1CCc1cc(Cl)ccc1-2. The van der Waals surface area contributed by atoms with Crippen LogP contribution >= 0.6 is 11.6 Å². The molecule has 0 unspecified atom stereocenters. The maximum Gasteiger partial charge on any atom is 0.110 e. The quantitative estimate of drug-likeness (QED) is 0.885. The largest absolute Gasteiger partial charge is 0.330 e. The molecular weight excluding hydrogens is 234 g/mol. The second-order valence-corrected chi connectivity index (χ2v) is 4.74. The molecule has 3 nitrogen and oxygen atoms in total. The summed E-state index contributed by atoms with van der Waals surface area (Å²) in [5.74, 6) is 1.09. The highest BCUT2D eigenvalue weighted by molar-refractivity contribution is 6.30. The van der Waals surface area contributed by atoms with Crippen LogP contribution in [-0.4, -0.2) is 16.1 Å². The van der Waals surface area contributed by atoms with Crippen LogP contribution in [0.2, 0.25) is 5.02 Å². The number of nitrogens with zero attached hydrogens (tertiary/aromatic N) is 2. The van der Waals surface area contributed by atoms with Gasteiger partial charge in [0, 0.05) is 23.6 Å². The molecule has 1 aromatic carbocycles. The summed E-state index contributed by atoms with van der Waals surface area (Å²) < 4.78 is 2.27. The van der Waals surface area contributed by atoms with E-state index in [0.29, 0.717) is 6.54 Å². The summed E-state index contributed by atoms with van der Waals surface area (Å²) in [4.78, 5) is 4.46. The number of aryl methyl sites for hydroxylation is 1.